The third-order valence-corrected chi connectivity index (χ3v) is 3.59. The number of rotatable bonds is 5. The number of nitrogens with zero attached hydrogens (tertiary/aromatic N) is 2. The maximum Gasteiger partial charge on any atom is 0.236 e. The molecule has 2 amide bonds. The Kier molecular flexibility index (Phi) is 3.89. The molecule has 0 aromatic rings. The van der Waals surface area contributed by atoms with E-state index in [9.17, 15) is 9.59 Å². The Bertz CT molecular complexity index is 452. The molecule has 7 nitrogen and oxygen atoms in total. The second kappa shape index (κ2) is 5.46. The third-order valence-electron chi connectivity index (χ3n) is 3.59. The lowest BCUT2D eigenvalue weighted by Crippen LogP contribution is -2.37. The molecule has 4 N–H and O–H groups in total. The maximum atomic E-state index is 12.3. The van der Waals surface area contributed by atoms with E-state index in [4.69, 9.17) is 16.2 Å². The van der Waals surface area contributed by atoms with Crippen molar-refractivity contribution in [2.45, 2.75) is 12.2 Å². The lowest BCUT2D eigenvalue weighted by Gasteiger charge is -2.18. The molecule has 2 heterocycles. The topological polar surface area (TPSA) is 111 Å². The van der Waals surface area contributed by atoms with E-state index < -0.39 is 24.0 Å². The molecule has 2 saturated heterocycles. The number of imide groups is 1. The summed E-state index contributed by atoms with van der Waals surface area (Å²) in [5, 5.41) is 0. The van der Waals surface area contributed by atoms with Crippen molar-refractivity contribution < 1.29 is 14.3 Å². The van der Waals surface area contributed by atoms with E-state index >= 15 is 0 Å². The van der Waals surface area contributed by atoms with E-state index in [-0.39, 0.29) is 30.9 Å². The first-order valence-electron chi connectivity index (χ1n) is 6.32. The van der Waals surface area contributed by atoms with Gasteiger partial charge in [-0.05, 0) is 0 Å². The molecule has 2 aliphatic rings. The van der Waals surface area contributed by atoms with Gasteiger partial charge in [0, 0.05) is 6.54 Å². The highest BCUT2D eigenvalue weighted by atomic mass is 16.5. The molecule has 20 heavy (non-hydrogen) atoms. The van der Waals surface area contributed by atoms with Crippen molar-refractivity contribution in [3.8, 4) is 0 Å². The molecule has 2 aliphatic heterocycles. The second-order valence-corrected chi connectivity index (χ2v) is 4.72. The van der Waals surface area contributed by atoms with Crippen molar-refractivity contribution in [2.24, 2.45) is 28.3 Å². The molecule has 0 saturated carbocycles. The number of hydrogen-bond donors (Lipinski definition) is 2. The summed E-state index contributed by atoms with van der Waals surface area (Å²) in [5.74, 6) is -1.65. The first-order chi connectivity index (χ1) is 9.51. The Morgan fingerprint density at radius 3 is 2.10 bits per heavy atom. The molecule has 0 aromatic carbocycles. The van der Waals surface area contributed by atoms with E-state index in [1.807, 2.05) is 0 Å². The molecule has 2 rings (SSSR count). The van der Waals surface area contributed by atoms with Crippen LogP contribution in [0.15, 0.2) is 30.3 Å². The van der Waals surface area contributed by atoms with Gasteiger partial charge in [-0.2, -0.15) is 0 Å². The van der Waals surface area contributed by atoms with Gasteiger partial charge in [0.2, 0.25) is 11.8 Å². The Labute approximate surface area is 116 Å². The number of aliphatic imine (C=N–C) groups is 1. The predicted octanol–water partition coefficient (Wildman–Crippen LogP) is -1.000. The SMILES string of the molecule is C=C[C@@H]1O[C@H](C=C)C2C(=O)N(CCN=C(N)N)C(=O)C21. The van der Waals surface area contributed by atoms with E-state index in [0.29, 0.717) is 0 Å². The minimum atomic E-state index is -0.526. The summed E-state index contributed by atoms with van der Waals surface area (Å²) < 4.78 is 5.59. The number of fused-ring (bicyclic) bond motifs is 1. The van der Waals surface area contributed by atoms with Crippen LogP contribution in [-0.4, -0.2) is 48.0 Å². The standard InChI is InChI=1S/C13H18N4O3/c1-3-7-9-10(8(4-2)20-7)12(19)17(11(9)18)6-5-16-13(14)15/h3-4,7-10H,1-2,5-6H2,(H4,14,15,16)/t7-,8+,9?,10?. The third kappa shape index (κ3) is 2.20. The van der Waals surface area contributed by atoms with Crippen LogP contribution in [0.3, 0.4) is 0 Å². The zero-order valence-corrected chi connectivity index (χ0v) is 11.1. The highest BCUT2D eigenvalue weighted by Gasteiger charge is 2.58. The molecular formula is C13H18N4O3. The van der Waals surface area contributed by atoms with Crippen LogP contribution in [0.1, 0.15) is 0 Å². The van der Waals surface area contributed by atoms with Crippen LogP contribution >= 0.6 is 0 Å². The fraction of sp³-hybridized carbons (Fsp3) is 0.462. The summed E-state index contributed by atoms with van der Waals surface area (Å²) in [6, 6.07) is 0. The molecule has 0 spiro atoms. The van der Waals surface area contributed by atoms with E-state index in [1.165, 1.54) is 4.90 Å². The number of amides is 2. The molecule has 4 atom stereocenters. The van der Waals surface area contributed by atoms with Crippen LogP contribution in [0.4, 0.5) is 0 Å². The average Bonchev–Trinajstić information content (AvgIpc) is 2.90. The van der Waals surface area contributed by atoms with Crippen LogP contribution in [0.2, 0.25) is 0 Å². The summed E-state index contributed by atoms with van der Waals surface area (Å²) >= 11 is 0. The molecular weight excluding hydrogens is 260 g/mol. The van der Waals surface area contributed by atoms with Gasteiger partial charge in [-0.25, -0.2) is 0 Å². The van der Waals surface area contributed by atoms with Gasteiger partial charge in [-0.1, -0.05) is 12.2 Å². The van der Waals surface area contributed by atoms with Gasteiger partial charge in [0.05, 0.1) is 30.6 Å². The van der Waals surface area contributed by atoms with E-state index in [1.54, 1.807) is 12.2 Å². The first kappa shape index (κ1) is 14.3. The number of nitrogens with two attached hydrogens (primary N) is 2. The van der Waals surface area contributed by atoms with Crippen LogP contribution in [0.5, 0.6) is 0 Å². The molecule has 2 fully saturated rings. The van der Waals surface area contributed by atoms with Crippen LogP contribution in [-0.2, 0) is 14.3 Å². The fourth-order valence-corrected chi connectivity index (χ4v) is 2.72. The van der Waals surface area contributed by atoms with Crippen LogP contribution in [0, 0.1) is 11.8 Å². The zero-order chi connectivity index (χ0) is 14.9. The summed E-state index contributed by atoms with van der Waals surface area (Å²) in [4.78, 5) is 29.6. The largest absolute Gasteiger partial charge is 0.370 e. The summed E-state index contributed by atoms with van der Waals surface area (Å²) in [6.07, 6.45) is 2.16. The second-order valence-electron chi connectivity index (χ2n) is 4.72. The number of carbonyl (C=O) groups is 2. The lowest BCUT2D eigenvalue weighted by molar-refractivity contribution is -0.142. The van der Waals surface area contributed by atoms with Gasteiger partial charge in [0.1, 0.15) is 0 Å². The van der Waals surface area contributed by atoms with Crippen molar-refractivity contribution in [3.05, 3.63) is 25.3 Å². The molecule has 108 valence electrons. The molecule has 0 radical (unpaired) electrons. The Morgan fingerprint density at radius 1 is 1.20 bits per heavy atom. The van der Waals surface area contributed by atoms with E-state index in [0.717, 1.165) is 0 Å². The molecule has 0 aliphatic carbocycles. The summed E-state index contributed by atoms with van der Waals surface area (Å²) in [7, 11) is 0. The minimum absolute atomic E-state index is 0.0689. The lowest BCUT2D eigenvalue weighted by atomic mass is 9.89. The number of ether oxygens (including phenoxy) is 1. The molecule has 0 aromatic heterocycles. The molecule has 2 unspecified atom stereocenters. The van der Waals surface area contributed by atoms with Gasteiger partial charge in [-0.3, -0.25) is 19.5 Å². The number of guanidine groups is 1. The van der Waals surface area contributed by atoms with Crippen LogP contribution < -0.4 is 11.5 Å². The highest BCUT2D eigenvalue weighted by molar-refractivity contribution is 6.06. The number of carbonyl (C=O) groups excluding carboxylic acids is 2. The van der Waals surface area contributed by atoms with Gasteiger partial charge < -0.3 is 16.2 Å². The molecule has 0 bridgehead atoms. The molecule has 7 heteroatoms. The van der Waals surface area contributed by atoms with Gasteiger partial charge in [0.15, 0.2) is 5.96 Å². The average molecular weight is 278 g/mol. The van der Waals surface area contributed by atoms with E-state index in [2.05, 4.69) is 18.2 Å². The summed E-state index contributed by atoms with van der Waals surface area (Å²) in [6.45, 7) is 7.65. The van der Waals surface area contributed by atoms with Crippen molar-refractivity contribution in [1.82, 2.24) is 4.90 Å². The highest BCUT2D eigenvalue weighted by Crippen LogP contribution is 2.41. The van der Waals surface area contributed by atoms with Crippen molar-refractivity contribution in [3.63, 3.8) is 0 Å². The fourth-order valence-electron chi connectivity index (χ4n) is 2.72. The van der Waals surface area contributed by atoms with Crippen molar-refractivity contribution in [1.29, 1.82) is 0 Å². The Morgan fingerprint density at radius 2 is 1.70 bits per heavy atom. The van der Waals surface area contributed by atoms with Gasteiger partial charge >= 0.3 is 0 Å². The zero-order valence-electron chi connectivity index (χ0n) is 11.1. The Hall–Kier alpha value is -2.15. The Balaban J connectivity index is 2.17. The first-order valence-corrected chi connectivity index (χ1v) is 6.32. The van der Waals surface area contributed by atoms with Crippen molar-refractivity contribution >= 4 is 17.8 Å². The number of likely N-dealkylation sites (tertiary alicyclic amines) is 1. The van der Waals surface area contributed by atoms with Crippen LogP contribution in [0.25, 0.3) is 0 Å². The normalized spacial score (nSPS) is 32.1. The summed E-state index contributed by atoms with van der Waals surface area (Å²) in [5.41, 5.74) is 10.4. The quantitative estimate of drug-likeness (QED) is 0.290. The van der Waals surface area contributed by atoms with Gasteiger partial charge in [-0.15, -0.1) is 13.2 Å². The smallest absolute Gasteiger partial charge is 0.236 e. The minimum Gasteiger partial charge on any atom is -0.370 e. The van der Waals surface area contributed by atoms with Gasteiger partial charge in [0.25, 0.3) is 0 Å². The number of hydrogen-bond acceptors (Lipinski definition) is 4. The monoisotopic (exact) mass is 278 g/mol. The predicted molar refractivity (Wildman–Crippen MR) is 73.4 cm³/mol. The maximum absolute atomic E-state index is 12.3. The van der Waals surface area contributed by atoms with Crippen molar-refractivity contribution in [2.75, 3.05) is 13.1 Å².